The second kappa shape index (κ2) is 4.33. The third-order valence-corrected chi connectivity index (χ3v) is 2.49. The maximum atomic E-state index is 13.4. The Morgan fingerprint density at radius 2 is 2.08 bits per heavy atom. The lowest BCUT2D eigenvalue weighted by atomic mass is 9.96. The molecular formula is C9H18F2N2. The van der Waals surface area contributed by atoms with Crippen LogP contribution in [-0.2, 0) is 0 Å². The van der Waals surface area contributed by atoms with Gasteiger partial charge in [0.1, 0.15) is 0 Å². The van der Waals surface area contributed by atoms with Crippen LogP contribution < -0.4 is 5.32 Å². The van der Waals surface area contributed by atoms with Gasteiger partial charge >= 0.3 is 0 Å². The Kier molecular flexibility index (Phi) is 3.62. The Morgan fingerprint density at radius 1 is 1.38 bits per heavy atom. The summed E-state index contributed by atoms with van der Waals surface area (Å²) in [5, 5.41) is 3.01. The summed E-state index contributed by atoms with van der Waals surface area (Å²) in [4.78, 5) is 1.84. The van der Waals surface area contributed by atoms with Crippen LogP contribution in [0.2, 0.25) is 0 Å². The van der Waals surface area contributed by atoms with Gasteiger partial charge in [-0.15, -0.1) is 0 Å². The molecule has 1 unspecified atom stereocenters. The highest BCUT2D eigenvalue weighted by Crippen LogP contribution is 2.32. The number of halogens is 2. The van der Waals surface area contributed by atoms with Gasteiger partial charge < -0.3 is 10.2 Å². The number of hydrogen-bond acceptors (Lipinski definition) is 2. The van der Waals surface area contributed by atoms with Gasteiger partial charge in [-0.3, -0.25) is 0 Å². The van der Waals surface area contributed by atoms with Gasteiger partial charge in [0.2, 0.25) is 0 Å². The summed E-state index contributed by atoms with van der Waals surface area (Å²) in [7, 11) is 3.68. The van der Waals surface area contributed by atoms with E-state index in [0.29, 0.717) is 26.1 Å². The van der Waals surface area contributed by atoms with Crippen LogP contribution in [0.3, 0.4) is 0 Å². The molecule has 4 heteroatoms. The Morgan fingerprint density at radius 3 is 2.69 bits per heavy atom. The van der Waals surface area contributed by atoms with Gasteiger partial charge in [0.25, 0.3) is 5.92 Å². The maximum Gasteiger partial charge on any atom is 0.253 e. The molecule has 0 aliphatic carbocycles. The van der Waals surface area contributed by atoms with Crippen molar-refractivity contribution < 1.29 is 8.78 Å². The fourth-order valence-corrected chi connectivity index (χ4v) is 1.74. The summed E-state index contributed by atoms with van der Waals surface area (Å²) in [6, 6.07) is 0. The van der Waals surface area contributed by atoms with E-state index >= 15 is 0 Å². The molecule has 2 nitrogen and oxygen atoms in total. The molecule has 13 heavy (non-hydrogen) atoms. The SMILES string of the molecule is CN(C)CC1CCNCCC1(F)F. The summed E-state index contributed by atoms with van der Waals surface area (Å²) < 4.78 is 26.8. The van der Waals surface area contributed by atoms with E-state index in [-0.39, 0.29) is 6.42 Å². The maximum absolute atomic E-state index is 13.4. The molecule has 1 rings (SSSR count). The molecule has 1 saturated heterocycles. The molecule has 1 aliphatic heterocycles. The Hall–Kier alpha value is -0.220. The normalized spacial score (nSPS) is 28.8. The van der Waals surface area contributed by atoms with Gasteiger partial charge in [-0.25, -0.2) is 8.78 Å². The third kappa shape index (κ3) is 3.19. The molecule has 0 bridgehead atoms. The molecule has 0 amide bonds. The zero-order valence-electron chi connectivity index (χ0n) is 8.32. The number of hydrogen-bond donors (Lipinski definition) is 1. The predicted molar refractivity (Wildman–Crippen MR) is 49.1 cm³/mol. The van der Waals surface area contributed by atoms with E-state index in [9.17, 15) is 8.78 Å². The number of nitrogens with one attached hydrogen (secondary N) is 1. The highest BCUT2D eigenvalue weighted by Gasteiger charge is 2.39. The molecular weight excluding hydrogens is 174 g/mol. The highest BCUT2D eigenvalue weighted by atomic mass is 19.3. The van der Waals surface area contributed by atoms with E-state index in [1.165, 1.54) is 0 Å². The van der Waals surface area contributed by atoms with Gasteiger partial charge in [-0.05, 0) is 27.1 Å². The summed E-state index contributed by atoms with van der Waals surface area (Å²) in [6.45, 7) is 1.64. The zero-order valence-corrected chi connectivity index (χ0v) is 8.32. The second-order valence-corrected chi connectivity index (χ2v) is 4.01. The molecule has 1 aliphatic rings. The molecule has 0 saturated carbocycles. The van der Waals surface area contributed by atoms with Crippen molar-refractivity contribution in [1.82, 2.24) is 10.2 Å². The van der Waals surface area contributed by atoms with Crippen molar-refractivity contribution >= 4 is 0 Å². The van der Waals surface area contributed by atoms with Crippen molar-refractivity contribution in [2.45, 2.75) is 18.8 Å². The molecule has 1 atom stereocenters. The summed E-state index contributed by atoms with van der Waals surface area (Å²) >= 11 is 0. The third-order valence-electron chi connectivity index (χ3n) is 2.49. The molecule has 1 heterocycles. The average molecular weight is 192 g/mol. The van der Waals surface area contributed by atoms with E-state index < -0.39 is 11.8 Å². The van der Waals surface area contributed by atoms with Gasteiger partial charge in [0.15, 0.2) is 0 Å². The molecule has 0 aromatic heterocycles. The summed E-state index contributed by atoms with van der Waals surface area (Å²) in [6.07, 6.45) is 0.552. The molecule has 0 aromatic rings. The van der Waals surface area contributed by atoms with Crippen LogP contribution >= 0.6 is 0 Å². The van der Waals surface area contributed by atoms with E-state index in [1.807, 2.05) is 19.0 Å². The molecule has 0 aromatic carbocycles. The first kappa shape index (κ1) is 10.9. The van der Waals surface area contributed by atoms with E-state index in [1.54, 1.807) is 0 Å². The van der Waals surface area contributed by atoms with Crippen molar-refractivity contribution in [1.29, 1.82) is 0 Å². The van der Waals surface area contributed by atoms with Crippen molar-refractivity contribution in [3.8, 4) is 0 Å². The molecule has 1 N–H and O–H groups in total. The first-order valence-corrected chi connectivity index (χ1v) is 4.75. The highest BCUT2D eigenvalue weighted by molar-refractivity contribution is 4.83. The van der Waals surface area contributed by atoms with Crippen molar-refractivity contribution in [3.63, 3.8) is 0 Å². The molecule has 1 fully saturated rings. The fraction of sp³-hybridized carbons (Fsp3) is 1.00. The Balaban J connectivity index is 2.55. The quantitative estimate of drug-likeness (QED) is 0.707. The number of rotatable bonds is 2. The number of alkyl halides is 2. The summed E-state index contributed by atoms with van der Waals surface area (Å²) in [5.41, 5.74) is 0. The minimum absolute atomic E-state index is 0.0223. The van der Waals surface area contributed by atoms with Crippen molar-refractivity contribution in [3.05, 3.63) is 0 Å². The van der Waals surface area contributed by atoms with Gasteiger partial charge in [-0.1, -0.05) is 0 Å². The first-order chi connectivity index (χ1) is 6.02. The zero-order chi connectivity index (χ0) is 9.90. The number of nitrogens with zero attached hydrogens (tertiary/aromatic N) is 1. The average Bonchev–Trinajstić information content (AvgIpc) is 2.13. The molecule has 0 spiro atoms. The lowest BCUT2D eigenvalue weighted by Gasteiger charge is -2.26. The van der Waals surface area contributed by atoms with Crippen LogP contribution in [0, 0.1) is 5.92 Å². The lowest BCUT2D eigenvalue weighted by molar-refractivity contribution is -0.0671. The van der Waals surface area contributed by atoms with Crippen LogP contribution in [0.1, 0.15) is 12.8 Å². The minimum atomic E-state index is -2.49. The fourth-order valence-electron chi connectivity index (χ4n) is 1.74. The lowest BCUT2D eigenvalue weighted by Crippen LogP contribution is -2.35. The van der Waals surface area contributed by atoms with Crippen LogP contribution in [0.25, 0.3) is 0 Å². The van der Waals surface area contributed by atoms with Crippen molar-refractivity contribution in [2.24, 2.45) is 5.92 Å². The predicted octanol–water partition coefficient (Wildman–Crippen LogP) is 1.18. The van der Waals surface area contributed by atoms with Gasteiger partial charge in [0.05, 0.1) is 0 Å². The van der Waals surface area contributed by atoms with Crippen LogP contribution in [0.5, 0.6) is 0 Å². The largest absolute Gasteiger partial charge is 0.316 e. The van der Waals surface area contributed by atoms with Crippen LogP contribution in [0.15, 0.2) is 0 Å². The van der Waals surface area contributed by atoms with Gasteiger partial charge in [-0.2, -0.15) is 0 Å². The van der Waals surface area contributed by atoms with E-state index in [4.69, 9.17) is 0 Å². The van der Waals surface area contributed by atoms with Gasteiger partial charge in [0, 0.05) is 25.4 Å². The molecule has 78 valence electrons. The molecule has 0 radical (unpaired) electrons. The van der Waals surface area contributed by atoms with E-state index in [0.717, 1.165) is 0 Å². The Bertz CT molecular complexity index is 160. The first-order valence-electron chi connectivity index (χ1n) is 4.75. The van der Waals surface area contributed by atoms with Crippen LogP contribution in [-0.4, -0.2) is 44.6 Å². The van der Waals surface area contributed by atoms with Crippen molar-refractivity contribution in [2.75, 3.05) is 33.7 Å². The second-order valence-electron chi connectivity index (χ2n) is 4.01. The standard InChI is InChI=1S/C9H18F2N2/c1-13(2)7-8-3-5-12-6-4-9(8,10)11/h8,12H,3-7H2,1-2H3. The monoisotopic (exact) mass is 192 g/mol. The Labute approximate surface area is 78.3 Å². The topological polar surface area (TPSA) is 15.3 Å². The van der Waals surface area contributed by atoms with Crippen LogP contribution in [0.4, 0.5) is 8.78 Å². The summed E-state index contributed by atoms with van der Waals surface area (Å²) in [5.74, 6) is -2.98. The van der Waals surface area contributed by atoms with E-state index in [2.05, 4.69) is 5.32 Å². The smallest absolute Gasteiger partial charge is 0.253 e. The minimum Gasteiger partial charge on any atom is -0.316 e.